The third kappa shape index (κ3) is 3.87. The minimum atomic E-state index is -0.0531. The number of nitrogens with zero attached hydrogens (tertiary/aromatic N) is 2. The van der Waals surface area contributed by atoms with Crippen molar-refractivity contribution in [2.75, 3.05) is 18.5 Å². The number of carbonyl (C=O) groups excluding carboxylic acids is 1. The van der Waals surface area contributed by atoms with Crippen molar-refractivity contribution in [3.05, 3.63) is 59.1 Å². The highest BCUT2D eigenvalue weighted by Crippen LogP contribution is 2.21. The van der Waals surface area contributed by atoms with E-state index in [9.17, 15) is 4.79 Å². The van der Waals surface area contributed by atoms with Crippen LogP contribution in [-0.2, 0) is 6.54 Å². The topological polar surface area (TPSA) is 67.2 Å². The third-order valence-electron chi connectivity index (χ3n) is 3.50. The van der Waals surface area contributed by atoms with Gasteiger partial charge < -0.3 is 15.0 Å². The van der Waals surface area contributed by atoms with Gasteiger partial charge in [0, 0.05) is 17.1 Å². The summed E-state index contributed by atoms with van der Waals surface area (Å²) in [5, 5.41) is 12.6. The van der Waals surface area contributed by atoms with Crippen LogP contribution in [0.5, 0.6) is 0 Å². The molecule has 0 aliphatic rings. The summed E-state index contributed by atoms with van der Waals surface area (Å²) in [6.45, 7) is 0.509. The number of Topliss-reactive ketones (excluding diaryl/α,β-unsaturated/α-hetero) is 1. The Balaban J connectivity index is 0.00000208. The van der Waals surface area contributed by atoms with E-state index in [0.717, 1.165) is 11.0 Å². The Morgan fingerprint density at radius 2 is 2.00 bits per heavy atom. The second-order valence-corrected chi connectivity index (χ2v) is 5.53. The minimum Gasteiger partial charge on any atom is -0.395 e. The number of benzene rings is 2. The number of halogens is 2. The van der Waals surface area contributed by atoms with E-state index in [-0.39, 0.29) is 31.3 Å². The van der Waals surface area contributed by atoms with Gasteiger partial charge in [-0.3, -0.25) is 4.79 Å². The Morgan fingerprint density at radius 1 is 1.21 bits per heavy atom. The van der Waals surface area contributed by atoms with Crippen molar-refractivity contribution < 1.29 is 9.90 Å². The molecule has 24 heavy (non-hydrogen) atoms. The Kier molecular flexibility index (Phi) is 6.20. The summed E-state index contributed by atoms with van der Waals surface area (Å²) in [6, 6.07) is 14.5. The van der Waals surface area contributed by atoms with E-state index >= 15 is 0 Å². The van der Waals surface area contributed by atoms with Crippen LogP contribution >= 0.6 is 24.0 Å². The van der Waals surface area contributed by atoms with Crippen molar-refractivity contribution in [1.82, 2.24) is 9.55 Å². The van der Waals surface area contributed by atoms with Gasteiger partial charge in [-0.1, -0.05) is 35.9 Å². The van der Waals surface area contributed by atoms with Gasteiger partial charge in [0.15, 0.2) is 5.78 Å². The predicted molar refractivity (Wildman–Crippen MR) is 98.3 cm³/mol. The van der Waals surface area contributed by atoms with Crippen molar-refractivity contribution in [3.8, 4) is 0 Å². The highest BCUT2D eigenvalue weighted by atomic mass is 35.5. The molecule has 126 valence electrons. The van der Waals surface area contributed by atoms with Crippen LogP contribution in [-0.4, -0.2) is 33.6 Å². The fourth-order valence-corrected chi connectivity index (χ4v) is 2.63. The van der Waals surface area contributed by atoms with E-state index < -0.39 is 0 Å². The molecular weight excluding hydrogens is 349 g/mol. The zero-order valence-electron chi connectivity index (χ0n) is 12.8. The summed E-state index contributed by atoms with van der Waals surface area (Å²) in [7, 11) is 0. The number of para-hydroxylation sites is 2. The fourth-order valence-electron chi connectivity index (χ4n) is 2.44. The number of rotatable bonds is 6. The van der Waals surface area contributed by atoms with Gasteiger partial charge in [-0.05, 0) is 24.3 Å². The van der Waals surface area contributed by atoms with E-state index in [4.69, 9.17) is 16.7 Å². The lowest BCUT2D eigenvalue weighted by molar-refractivity contribution is 0.0974. The van der Waals surface area contributed by atoms with E-state index in [0.29, 0.717) is 23.1 Å². The van der Waals surface area contributed by atoms with E-state index in [1.807, 2.05) is 28.8 Å². The molecule has 3 aromatic rings. The van der Waals surface area contributed by atoms with Crippen LogP contribution in [0.4, 0.5) is 5.95 Å². The normalized spacial score (nSPS) is 10.4. The van der Waals surface area contributed by atoms with Crippen molar-refractivity contribution in [3.63, 3.8) is 0 Å². The molecule has 0 radical (unpaired) electrons. The Morgan fingerprint density at radius 3 is 2.75 bits per heavy atom. The lowest BCUT2D eigenvalue weighted by atomic mass is 10.1. The molecule has 0 fully saturated rings. The SMILES string of the molecule is Cl.O=C(Cn1c(NCCO)nc2ccccc21)c1cccc(Cl)c1. The first kappa shape index (κ1) is 18.3. The van der Waals surface area contributed by atoms with Crippen LogP contribution in [0.2, 0.25) is 5.02 Å². The monoisotopic (exact) mass is 365 g/mol. The van der Waals surface area contributed by atoms with Crippen molar-refractivity contribution in [2.45, 2.75) is 6.54 Å². The number of imidazole rings is 1. The molecule has 2 aromatic carbocycles. The van der Waals surface area contributed by atoms with Gasteiger partial charge >= 0.3 is 0 Å². The highest BCUT2D eigenvalue weighted by Gasteiger charge is 2.14. The summed E-state index contributed by atoms with van der Waals surface area (Å²) >= 11 is 5.95. The first-order chi connectivity index (χ1) is 11.2. The number of hydrogen-bond donors (Lipinski definition) is 2. The van der Waals surface area contributed by atoms with Crippen LogP contribution in [0.1, 0.15) is 10.4 Å². The summed E-state index contributed by atoms with van der Waals surface area (Å²) in [6.07, 6.45) is 0. The maximum absolute atomic E-state index is 12.5. The number of aliphatic hydroxyl groups excluding tert-OH is 1. The van der Waals surface area contributed by atoms with E-state index in [2.05, 4.69) is 10.3 Å². The average Bonchev–Trinajstić information content (AvgIpc) is 2.90. The zero-order chi connectivity index (χ0) is 16.2. The van der Waals surface area contributed by atoms with E-state index in [1.54, 1.807) is 24.3 Å². The zero-order valence-corrected chi connectivity index (χ0v) is 14.3. The second kappa shape index (κ2) is 8.15. The van der Waals surface area contributed by atoms with Crippen LogP contribution in [0.3, 0.4) is 0 Å². The quantitative estimate of drug-likeness (QED) is 0.657. The fraction of sp³-hybridized carbons (Fsp3) is 0.176. The van der Waals surface area contributed by atoms with Crippen molar-refractivity contribution in [1.29, 1.82) is 0 Å². The van der Waals surface area contributed by atoms with Crippen LogP contribution in [0.15, 0.2) is 48.5 Å². The van der Waals surface area contributed by atoms with Gasteiger partial charge in [-0.2, -0.15) is 0 Å². The summed E-state index contributed by atoms with van der Waals surface area (Å²) in [5.41, 5.74) is 2.22. The number of aliphatic hydroxyl groups is 1. The molecule has 0 bridgehead atoms. The number of hydrogen-bond acceptors (Lipinski definition) is 4. The molecule has 7 heteroatoms. The van der Waals surface area contributed by atoms with E-state index in [1.165, 1.54) is 0 Å². The number of nitrogens with one attached hydrogen (secondary N) is 1. The first-order valence-electron chi connectivity index (χ1n) is 7.28. The van der Waals surface area contributed by atoms with Gasteiger partial charge in [-0.25, -0.2) is 4.98 Å². The molecule has 5 nitrogen and oxygen atoms in total. The van der Waals surface area contributed by atoms with Crippen LogP contribution < -0.4 is 5.32 Å². The molecule has 3 rings (SSSR count). The Hall–Kier alpha value is -2.08. The second-order valence-electron chi connectivity index (χ2n) is 5.09. The number of ketones is 1. The average molecular weight is 366 g/mol. The molecule has 0 saturated carbocycles. The van der Waals surface area contributed by atoms with Crippen LogP contribution in [0.25, 0.3) is 11.0 Å². The number of carbonyl (C=O) groups is 1. The Labute approximate surface area is 150 Å². The molecule has 0 aliphatic carbocycles. The first-order valence-corrected chi connectivity index (χ1v) is 7.65. The Bertz CT molecular complexity index is 849. The standard InChI is InChI=1S/C17H16ClN3O2.ClH/c18-13-5-3-4-12(10-13)16(23)11-21-15-7-2-1-6-14(15)20-17(21)19-8-9-22;/h1-7,10,22H,8-9,11H2,(H,19,20);1H. The van der Waals surface area contributed by atoms with Crippen LogP contribution in [0, 0.1) is 0 Å². The summed E-state index contributed by atoms with van der Waals surface area (Å²) in [4.78, 5) is 17.0. The molecule has 0 amide bonds. The van der Waals surface area contributed by atoms with Gasteiger partial charge in [0.25, 0.3) is 0 Å². The van der Waals surface area contributed by atoms with Gasteiger partial charge in [0.05, 0.1) is 24.2 Å². The molecule has 0 aliphatic heterocycles. The largest absolute Gasteiger partial charge is 0.395 e. The van der Waals surface area contributed by atoms with Crippen molar-refractivity contribution in [2.24, 2.45) is 0 Å². The third-order valence-corrected chi connectivity index (χ3v) is 3.73. The number of fused-ring (bicyclic) bond motifs is 1. The molecule has 0 saturated heterocycles. The molecule has 0 atom stereocenters. The molecule has 1 heterocycles. The smallest absolute Gasteiger partial charge is 0.204 e. The molecular formula is C17H17Cl2N3O2. The lowest BCUT2D eigenvalue weighted by Gasteiger charge is -2.10. The van der Waals surface area contributed by atoms with Gasteiger partial charge in [0.2, 0.25) is 5.95 Å². The lowest BCUT2D eigenvalue weighted by Crippen LogP contribution is -2.15. The number of aromatic nitrogens is 2. The molecule has 0 spiro atoms. The summed E-state index contributed by atoms with van der Waals surface area (Å²) in [5.74, 6) is 0.512. The van der Waals surface area contributed by atoms with Crippen molar-refractivity contribution >= 4 is 46.8 Å². The highest BCUT2D eigenvalue weighted by molar-refractivity contribution is 6.31. The molecule has 2 N–H and O–H groups in total. The minimum absolute atomic E-state index is 0. The maximum Gasteiger partial charge on any atom is 0.204 e. The molecule has 1 aromatic heterocycles. The van der Waals surface area contributed by atoms with Gasteiger partial charge in [0.1, 0.15) is 0 Å². The molecule has 0 unspecified atom stereocenters. The maximum atomic E-state index is 12.5. The van der Waals surface area contributed by atoms with Gasteiger partial charge in [-0.15, -0.1) is 12.4 Å². The predicted octanol–water partition coefficient (Wildman–Crippen LogP) is 3.40. The summed E-state index contributed by atoms with van der Waals surface area (Å²) < 4.78 is 1.81. The number of anilines is 1.